The summed E-state index contributed by atoms with van der Waals surface area (Å²) < 4.78 is 41.8. The van der Waals surface area contributed by atoms with Crippen molar-refractivity contribution in [2.45, 2.75) is 37.9 Å². The molecule has 2 aliphatic heterocycles. The SMILES string of the molecule is O=C1CN(c2cccc(C3CC3)c2)C(C(F)(F)F)=Nc2sc3c(c21)CCNC3. The van der Waals surface area contributed by atoms with E-state index in [2.05, 4.69) is 10.3 Å². The number of rotatable bonds is 2. The van der Waals surface area contributed by atoms with E-state index >= 15 is 0 Å². The second kappa shape index (κ2) is 6.42. The number of carbonyl (C=O) groups excluding carboxylic acids is 1. The van der Waals surface area contributed by atoms with E-state index in [-0.39, 0.29) is 17.3 Å². The Morgan fingerprint density at radius 1 is 1.25 bits per heavy atom. The van der Waals surface area contributed by atoms with Crippen LogP contribution < -0.4 is 10.2 Å². The molecular formula is C20H18F3N3OS. The molecule has 1 aliphatic carbocycles. The standard InChI is InChI=1S/C20H18F3N3OS/c21-20(22,23)19-25-18-17(14-6-7-24-9-16(14)28-18)15(27)10-26(19)13-3-1-2-12(8-13)11-4-5-11/h1-3,8,11,24H,4-7,9-10H2. The molecule has 1 saturated carbocycles. The van der Waals surface area contributed by atoms with Crippen molar-refractivity contribution in [2.24, 2.45) is 4.99 Å². The van der Waals surface area contributed by atoms with Crippen molar-refractivity contribution in [1.29, 1.82) is 0 Å². The molecule has 1 fully saturated rings. The van der Waals surface area contributed by atoms with E-state index in [1.54, 1.807) is 18.2 Å². The Balaban J connectivity index is 1.63. The number of hydrogen-bond acceptors (Lipinski definition) is 5. The molecule has 3 aliphatic rings. The molecule has 0 unspecified atom stereocenters. The fourth-order valence-electron chi connectivity index (χ4n) is 3.93. The summed E-state index contributed by atoms with van der Waals surface area (Å²) in [6, 6.07) is 7.09. The average molecular weight is 405 g/mol. The van der Waals surface area contributed by atoms with Crippen LogP contribution in [0, 0.1) is 0 Å². The van der Waals surface area contributed by atoms with Gasteiger partial charge in [0.25, 0.3) is 0 Å². The zero-order chi connectivity index (χ0) is 19.5. The zero-order valence-electron chi connectivity index (χ0n) is 15.0. The predicted molar refractivity (Wildman–Crippen MR) is 103 cm³/mol. The zero-order valence-corrected chi connectivity index (χ0v) is 15.8. The highest BCUT2D eigenvalue weighted by atomic mass is 32.1. The van der Waals surface area contributed by atoms with E-state index in [1.807, 2.05) is 6.07 Å². The van der Waals surface area contributed by atoms with Gasteiger partial charge >= 0.3 is 6.18 Å². The van der Waals surface area contributed by atoms with E-state index in [0.717, 1.165) is 33.7 Å². The van der Waals surface area contributed by atoms with E-state index in [4.69, 9.17) is 0 Å². The van der Waals surface area contributed by atoms with Gasteiger partial charge in [0.15, 0.2) is 5.78 Å². The molecule has 0 amide bonds. The lowest BCUT2D eigenvalue weighted by atomic mass is 10.0. The van der Waals surface area contributed by atoms with Gasteiger partial charge in [-0.15, -0.1) is 11.3 Å². The van der Waals surface area contributed by atoms with Gasteiger partial charge in [-0.1, -0.05) is 12.1 Å². The van der Waals surface area contributed by atoms with Crippen LogP contribution in [-0.2, 0) is 13.0 Å². The molecule has 0 bridgehead atoms. The van der Waals surface area contributed by atoms with Crippen molar-refractivity contribution in [2.75, 3.05) is 18.0 Å². The lowest BCUT2D eigenvalue weighted by molar-refractivity contribution is -0.0600. The summed E-state index contributed by atoms with van der Waals surface area (Å²) in [4.78, 5) is 19.0. The predicted octanol–water partition coefficient (Wildman–Crippen LogP) is 4.57. The van der Waals surface area contributed by atoms with Gasteiger partial charge in [-0.05, 0) is 55.0 Å². The Hall–Kier alpha value is -2.19. The van der Waals surface area contributed by atoms with Crippen molar-refractivity contribution in [3.8, 4) is 0 Å². The number of alkyl halides is 3. The van der Waals surface area contributed by atoms with Crippen LogP contribution in [0.25, 0.3) is 0 Å². The molecule has 0 saturated heterocycles. The van der Waals surface area contributed by atoms with E-state index < -0.39 is 12.0 Å². The number of nitrogens with one attached hydrogen (secondary N) is 1. The van der Waals surface area contributed by atoms with Crippen molar-refractivity contribution in [1.82, 2.24) is 5.32 Å². The first-order valence-corrected chi connectivity index (χ1v) is 10.2. The first kappa shape index (κ1) is 17.9. The highest BCUT2D eigenvalue weighted by molar-refractivity contribution is 7.16. The van der Waals surface area contributed by atoms with Crippen LogP contribution in [0.3, 0.4) is 0 Å². The summed E-state index contributed by atoms with van der Waals surface area (Å²) in [7, 11) is 0. The third-order valence-corrected chi connectivity index (χ3v) is 6.56. The first-order valence-electron chi connectivity index (χ1n) is 9.33. The Bertz CT molecular complexity index is 991. The highest BCUT2D eigenvalue weighted by Gasteiger charge is 2.44. The first-order chi connectivity index (χ1) is 13.4. The molecule has 4 nitrogen and oxygen atoms in total. The molecule has 3 heterocycles. The van der Waals surface area contributed by atoms with Crippen molar-refractivity contribution in [3.05, 3.63) is 45.8 Å². The molecule has 1 aromatic carbocycles. The Morgan fingerprint density at radius 2 is 2.07 bits per heavy atom. The van der Waals surface area contributed by atoms with Gasteiger partial charge in [0.1, 0.15) is 5.00 Å². The molecule has 28 heavy (non-hydrogen) atoms. The summed E-state index contributed by atoms with van der Waals surface area (Å²) in [6.45, 7) is 0.937. The quantitative estimate of drug-likeness (QED) is 0.796. The largest absolute Gasteiger partial charge is 0.449 e. The van der Waals surface area contributed by atoms with Gasteiger partial charge in [-0.2, -0.15) is 13.2 Å². The number of aliphatic imine (C=N–C) groups is 1. The summed E-state index contributed by atoms with van der Waals surface area (Å²) in [5.41, 5.74) is 2.64. The van der Waals surface area contributed by atoms with Crippen LogP contribution in [0.1, 0.15) is 45.1 Å². The van der Waals surface area contributed by atoms with E-state index in [9.17, 15) is 18.0 Å². The van der Waals surface area contributed by atoms with Crippen LogP contribution in [0.2, 0.25) is 0 Å². The number of anilines is 1. The minimum atomic E-state index is -4.65. The summed E-state index contributed by atoms with van der Waals surface area (Å²) in [5, 5.41) is 3.38. The Kier molecular flexibility index (Phi) is 4.10. The van der Waals surface area contributed by atoms with Crippen molar-refractivity contribution >= 4 is 33.6 Å². The Labute approximate surface area is 164 Å². The van der Waals surface area contributed by atoms with Crippen molar-refractivity contribution in [3.63, 3.8) is 0 Å². The monoisotopic (exact) mass is 405 g/mol. The number of Topliss-reactive ketones (excluding diaryl/α,β-unsaturated/α-hetero) is 1. The van der Waals surface area contributed by atoms with Gasteiger partial charge in [0, 0.05) is 17.1 Å². The molecule has 2 aromatic rings. The van der Waals surface area contributed by atoms with Gasteiger partial charge in [0.05, 0.1) is 12.1 Å². The number of carbonyl (C=O) groups is 1. The number of hydrogen-bond donors (Lipinski definition) is 1. The maximum absolute atomic E-state index is 13.9. The molecule has 8 heteroatoms. The summed E-state index contributed by atoms with van der Waals surface area (Å²) in [5.74, 6) is -0.900. The molecule has 1 aromatic heterocycles. The van der Waals surface area contributed by atoms with Crippen LogP contribution in [0.5, 0.6) is 0 Å². The van der Waals surface area contributed by atoms with Crippen LogP contribution in [-0.4, -0.2) is 30.9 Å². The average Bonchev–Trinajstić information content (AvgIpc) is 3.46. The van der Waals surface area contributed by atoms with Crippen LogP contribution in [0.15, 0.2) is 29.3 Å². The molecule has 5 rings (SSSR count). The fourth-order valence-corrected chi connectivity index (χ4v) is 5.14. The second-order valence-electron chi connectivity index (χ2n) is 7.42. The van der Waals surface area contributed by atoms with Gasteiger partial charge < -0.3 is 10.2 Å². The smallest absolute Gasteiger partial charge is 0.314 e. The topological polar surface area (TPSA) is 44.7 Å². The number of ketones is 1. The lowest BCUT2D eigenvalue weighted by Gasteiger charge is -2.26. The minimum absolute atomic E-state index is 0.187. The summed E-state index contributed by atoms with van der Waals surface area (Å²) >= 11 is 1.19. The summed E-state index contributed by atoms with van der Waals surface area (Å²) in [6.07, 6.45) is -1.90. The molecule has 146 valence electrons. The number of amidine groups is 1. The third kappa shape index (κ3) is 3.04. The molecule has 0 atom stereocenters. The van der Waals surface area contributed by atoms with Crippen LogP contribution >= 0.6 is 11.3 Å². The van der Waals surface area contributed by atoms with Crippen molar-refractivity contribution < 1.29 is 18.0 Å². The van der Waals surface area contributed by atoms with Gasteiger partial charge in [-0.3, -0.25) is 4.79 Å². The fraction of sp³-hybridized carbons (Fsp3) is 0.400. The lowest BCUT2D eigenvalue weighted by Crippen LogP contribution is -2.43. The molecule has 1 N–H and O–H groups in total. The number of fused-ring (bicyclic) bond motifs is 3. The highest BCUT2D eigenvalue weighted by Crippen LogP contribution is 2.43. The van der Waals surface area contributed by atoms with E-state index in [0.29, 0.717) is 36.7 Å². The van der Waals surface area contributed by atoms with E-state index in [1.165, 1.54) is 11.3 Å². The number of thiophene rings is 1. The maximum atomic E-state index is 13.9. The minimum Gasteiger partial charge on any atom is -0.314 e. The molecule has 0 radical (unpaired) electrons. The van der Waals surface area contributed by atoms with Gasteiger partial charge in [-0.25, -0.2) is 4.99 Å². The number of benzene rings is 1. The number of halogens is 3. The Morgan fingerprint density at radius 3 is 2.82 bits per heavy atom. The number of nitrogens with zero attached hydrogens (tertiary/aromatic N) is 2. The third-order valence-electron chi connectivity index (χ3n) is 5.44. The normalized spacial score (nSPS) is 19.8. The molecular weight excluding hydrogens is 387 g/mol. The second-order valence-corrected chi connectivity index (χ2v) is 8.51. The van der Waals surface area contributed by atoms with Crippen LogP contribution in [0.4, 0.5) is 23.9 Å². The van der Waals surface area contributed by atoms with Gasteiger partial charge in [0.2, 0.25) is 5.84 Å². The molecule has 0 spiro atoms. The maximum Gasteiger partial charge on any atom is 0.449 e.